The Kier molecular flexibility index (Phi) is 4.47. The molecule has 0 amide bonds. The van der Waals surface area contributed by atoms with Crippen molar-refractivity contribution in [2.75, 3.05) is 0 Å². The Morgan fingerprint density at radius 3 is 2.69 bits per heavy atom. The molecule has 7 heteroatoms. The Morgan fingerprint density at radius 1 is 1.14 bits per heavy atom. The monoisotopic (exact) mass is 404 g/mol. The molecule has 4 aromatic rings. The lowest BCUT2D eigenvalue weighted by Gasteiger charge is -2.10. The number of hydrogen-bond acceptors (Lipinski definition) is 6. The van der Waals surface area contributed by atoms with Crippen molar-refractivity contribution in [1.82, 2.24) is 19.7 Å². The second-order valence-corrected chi connectivity index (χ2v) is 8.35. The minimum absolute atomic E-state index is 0.317. The Labute approximate surface area is 172 Å². The first-order valence-corrected chi connectivity index (χ1v) is 10.6. The highest BCUT2D eigenvalue weighted by Crippen LogP contribution is 2.41. The molecule has 0 atom stereocenters. The third-order valence-corrected chi connectivity index (χ3v) is 6.38. The molecular weight excluding hydrogens is 384 g/mol. The van der Waals surface area contributed by atoms with Crippen molar-refractivity contribution < 1.29 is 4.42 Å². The van der Waals surface area contributed by atoms with E-state index >= 15 is 0 Å². The van der Waals surface area contributed by atoms with E-state index in [9.17, 15) is 4.79 Å². The van der Waals surface area contributed by atoms with Gasteiger partial charge in [0, 0.05) is 41.2 Å². The number of pyridine rings is 1. The minimum atomic E-state index is -0.317. The minimum Gasteiger partial charge on any atom is -0.422 e. The molecule has 1 aliphatic carbocycles. The van der Waals surface area contributed by atoms with Crippen molar-refractivity contribution in [3.63, 3.8) is 0 Å². The topological polar surface area (TPSA) is 73.8 Å². The largest absolute Gasteiger partial charge is 0.422 e. The summed E-state index contributed by atoms with van der Waals surface area (Å²) in [6.07, 6.45) is 5.82. The number of fused-ring (bicyclic) bond motifs is 1. The van der Waals surface area contributed by atoms with Gasteiger partial charge in [0.25, 0.3) is 0 Å². The molecule has 0 unspecified atom stereocenters. The fraction of sp³-hybridized carbons (Fsp3) is 0.273. The quantitative estimate of drug-likeness (QED) is 0.355. The molecule has 3 heterocycles. The van der Waals surface area contributed by atoms with Crippen molar-refractivity contribution >= 4 is 22.7 Å². The Balaban J connectivity index is 1.51. The van der Waals surface area contributed by atoms with E-state index in [1.807, 2.05) is 32.0 Å². The molecule has 0 spiro atoms. The molecule has 0 radical (unpaired) electrons. The summed E-state index contributed by atoms with van der Waals surface area (Å²) in [5.41, 5.74) is 4.45. The van der Waals surface area contributed by atoms with Crippen molar-refractivity contribution in [2.24, 2.45) is 0 Å². The van der Waals surface area contributed by atoms with Gasteiger partial charge in [-0.2, -0.15) is 0 Å². The summed E-state index contributed by atoms with van der Waals surface area (Å²) >= 11 is 1.61. The molecule has 0 N–H and O–H groups in total. The molecule has 6 nitrogen and oxygen atoms in total. The average molecular weight is 404 g/mol. The molecule has 146 valence electrons. The van der Waals surface area contributed by atoms with Gasteiger partial charge in [0.05, 0.1) is 0 Å². The number of hydrogen-bond donors (Lipinski definition) is 0. The van der Waals surface area contributed by atoms with E-state index in [2.05, 4.69) is 25.8 Å². The summed E-state index contributed by atoms with van der Waals surface area (Å²) in [7, 11) is 0. The maximum absolute atomic E-state index is 12.1. The molecule has 0 bridgehead atoms. The van der Waals surface area contributed by atoms with Gasteiger partial charge in [0.15, 0.2) is 11.0 Å². The summed E-state index contributed by atoms with van der Waals surface area (Å²) in [6.45, 7) is 4.01. The van der Waals surface area contributed by atoms with E-state index in [0.29, 0.717) is 17.4 Å². The Hall–Kier alpha value is -2.93. The molecular formula is C22H20N4O2S. The summed E-state index contributed by atoms with van der Waals surface area (Å²) in [5, 5.41) is 10.8. The smallest absolute Gasteiger partial charge is 0.336 e. The van der Waals surface area contributed by atoms with Crippen LogP contribution in [0.2, 0.25) is 0 Å². The predicted molar refractivity (Wildman–Crippen MR) is 113 cm³/mol. The van der Waals surface area contributed by atoms with E-state index in [4.69, 9.17) is 4.42 Å². The zero-order chi connectivity index (χ0) is 20.0. The van der Waals surface area contributed by atoms with Gasteiger partial charge < -0.3 is 4.42 Å². The van der Waals surface area contributed by atoms with E-state index < -0.39 is 0 Å². The summed E-state index contributed by atoms with van der Waals surface area (Å²) in [4.78, 5) is 16.2. The van der Waals surface area contributed by atoms with Crippen molar-refractivity contribution in [2.45, 2.75) is 43.6 Å². The van der Waals surface area contributed by atoms with Crippen molar-refractivity contribution in [3.05, 3.63) is 69.8 Å². The molecule has 1 saturated carbocycles. The van der Waals surface area contributed by atoms with Crippen LogP contribution >= 0.6 is 11.8 Å². The molecule has 0 aliphatic heterocycles. The number of thioether (sulfide) groups is 1. The van der Waals surface area contributed by atoms with Crippen molar-refractivity contribution in [3.8, 4) is 11.4 Å². The molecule has 5 rings (SSSR count). The van der Waals surface area contributed by atoms with Gasteiger partial charge in [-0.25, -0.2) is 4.79 Å². The fourth-order valence-corrected chi connectivity index (χ4v) is 4.52. The van der Waals surface area contributed by atoms with Crippen molar-refractivity contribution in [1.29, 1.82) is 0 Å². The van der Waals surface area contributed by atoms with Crippen LogP contribution in [0.5, 0.6) is 0 Å². The van der Waals surface area contributed by atoms with Crippen LogP contribution in [-0.4, -0.2) is 19.7 Å². The number of benzene rings is 1. The van der Waals surface area contributed by atoms with Crippen LogP contribution in [0.15, 0.2) is 57.1 Å². The molecule has 1 aliphatic rings. The lowest BCUT2D eigenvalue weighted by Crippen LogP contribution is -2.03. The fourth-order valence-electron chi connectivity index (χ4n) is 3.52. The average Bonchev–Trinajstić information content (AvgIpc) is 3.49. The molecule has 1 fully saturated rings. The SMILES string of the molecule is Cc1ccc2c(CSc3nnc(-c4ccncc4)n3C3CC3)cc(=O)oc2c1C. The van der Waals surface area contributed by atoms with Crippen LogP contribution in [0.25, 0.3) is 22.4 Å². The van der Waals surface area contributed by atoms with Gasteiger partial charge in [-0.05, 0) is 55.5 Å². The highest BCUT2D eigenvalue weighted by atomic mass is 32.2. The van der Waals surface area contributed by atoms with E-state index in [0.717, 1.165) is 51.5 Å². The van der Waals surface area contributed by atoms with Crippen LogP contribution in [0.1, 0.15) is 35.6 Å². The number of aromatic nitrogens is 4. The highest BCUT2D eigenvalue weighted by molar-refractivity contribution is 7.98. The number of nitrogens with zero attached hydrogens (tertiary/aromatic N) is 4. The van der Waals surface area contributed by atoms with Gasteiger partial charge in [0.2, 0.25) is 0 Å². The maximum Gasteiger partial charge on any atom is 0.336 e. The van der Waals surface area contributed by atoms with E-state index in [1.54, 1.807) is 30.2 Å². The number of rotatable bonds is 5. The zero-order valence-corrected chi connectivity index (χ0v) is 17.1. The second-order valence-electron chi connectivity index (χ2n) is 7.41. The van der Waals surface area contributed by atoms with Crippen LogP contribution in [0.4, 0.5) is 0 Å². The third kappa shape index (κ3) is 3.35. The lowest BCUT2D eigenvalue weighted by atomic mass is 10.0. The standard InChI is InChI=1S/C22H20N4O2S/c1-13-3-6-18-16(11-19(27)28-20(18)14(13)2)12-29-22-25-24-21(26(22)17-4-5-17)15-7-9-23-10-8-15/h3,6-11,17H,4-5,12H2,1-2H3. The van der Waals surface area contributed by atoms with Crippen LogP contribution in [0.3, 0.4) is 0 Å². The second kappa shape index (κ2) is 7.15. The van der Waals surface area contributed by atoms with E-state index in [-0.39, 0.29) is 5.63 Å². The first-order valence-electron chi connectivity index (χ1n) is 9.63. The zero-order valence-electron chi connectivity index (χ0n) is 16.3. The normalized spacial score (nSPS) is 13.9. The van der Waals surface area contributed by atoms with Gasteiger partial charge in [-0.3, -0.25) is 9.55 Å². The first-order chi connectivity index (χ1) is 14.1. The Bertz CT molecular complexity index is 1260. The molecule has 0 saturated heterocycles. The van der Waals surface area contributed by atoms with Crippen LogP contribution in [0, 0.1) is 13.8 Å². The van der Waals surface area contributed by atoms with Gasteiger partial charge >= 0.3 is 5.63 Å². The van der Waals surface area contributed by atoms with Gasteiger partial charge in [0.1, 0.15) is 5.58 Å². The first kappa shape index (κ1) is 18.1. The summed E-state index contributed by atoms with van der Waals surface area (Å²) in [6, 6.07) is 10.0. The highest BCUT2D eigenvalue weighted by Gasteiger charge is 2.30. The number of aryl methyl sites for hydroxylation is 2. The molecule has 3 aromatic heterocycles. The van der Waals surface area contributed by atoms with Crippen LogP contribution in [-0.2, 0) is 5.75 Å². The Morgan fingerprint density at radius 2 is 1.93 bits per heavy atom. The predicted octanol–water partition coefficient (Wildman–Crippen LogP) is 4.69. The molecule has 29 heavy (non-hydrogen) atoms. The summed E-state index contributed by atoms with van der Waals surface area (Å²) < 4.78 is 7.72. The maximum atomic E-state index is 12.1. The van der Waals surface area contributed by atoms with Crippen LogP contribution < -0.4 is 5.63 Å². The lowest BCUT2D eigenvalue weighted by molar-refractivity contribution is 0.557. The van der Waals surface area contributed by atoms with Gasteiger partial charge in [-0.15, -0.1) is 10.2 Å². The molecule has 1 aromatic carbocycles. The summed E-state index contributed by atoms with van der Waals surface area (Å²) in [5.74, 6) is 1.51. The van der Waals surface area contributed by atoms with Gasteiger partial charge in [-0.1, -0.05) is 23.9 Å². The van der Waals surface area contributed by atoms with E-state index in [1.165, 1.54) is 0 Å². The third-order valence-electron chi connectivity index (χ3n) is 5.39.